The third kappa shape index (κ3) is 3.37. The first kappa shape index (κ1) is 19.4. The number of nitrogens with one attached hydrogen (secondary N) is 1. The molecular formula is C26H24N2O3. The number of aromatic amines is 1. The number of aliphatic hydroxyl groups excluding tert-OH is 1. The van der Waals surface area contributed by atoms with Gasteiger partial charge in [-0.1, -0.05) is 42.5 Å². The summed E-state index contributed by atoms with van der Waals surface area (Å²) in [6, 6.07) is 19.2. The van der Waals surface area contributed by atoms with Crippen LogP contribution in [-0.4, -0.2) is 32.5 Å². The molecule has 4 aromatic rings. The van der Waals surface area contributed by atoms with Gasteiger partial charge in [0, 0.05) is 30.2 Å². The number of nitrogens with zero attached hydrogens (tertiary/aromatic N) is 1. The van der Waals surface area contributed by atoms with E-state index in [0.717, 1.165) is 38.7 Å². The number of hydrogen-bond acceptors (Lipinski definition) is 3. The number of fused-ring (bicyclic) bond motifs is 2. The highest BCUT2D eigenvalue weighted by Crippen LogP contribution is 2.33. The van der Waals surface area contributed by atoms with Gasteiger partial charge in [0.1, 0.15) is 5.75 Å². The first-order chi connectivity index (χ1) is 15.0. The number of aromatic hydroxyl groups is 1. The summed E-state index contributed by atoms with van der Waals surface area (Å²) < 4.78 is 0. The lowest BCUT2D eigenvalue weighted by Crippen LogP contribution is -2.36. The molecule has 3 aromatic carbocycles. The molecule has 1 aromatic heterocycles. The van der Waals surface area contributed by atoms with E-state index in [-0.39, 0.29) is 5.91 Å². The summed E-state index contributed by atoms with van der Waals surface area (Å²) in [5.74, 6) is 0.291. The third-order valence-electron chi connectivity index (χ3n) is 6.19. The second-order valence-electron chi connectivity index (χ2n) is 8.12. The Kier molecular flexibility index (Phi) is 4.75. The minimum atomic E-state index is -0.502. The lowest BCUT2D eigenvalue weighted by atomic mass is 9.96. The molecule has 3 N–H and O–H groups in total. The number of aromatic nitrogens is 1. The van der Waals surface area contributed by atoms with Crippen LogP contribution in [0.3, 0.4) is 0 Å². The van der Waals surface area contributed by atoms with Gasteiger partial charge in [-0.3, -0.25) is 4.79 Å². The highest BCUT2D eigenvalue weighted by atomic mass is 16.3. The van der Waals surface area contributed by atoms with Crippen molar-refractivity contribution in [3.05, 3.63) is 89.1 Å². The normalized spacial score (nSPS) is 14.5. The number of hydrogen-bond donors (Lipinski definition) is 3. The van der Waals surface area contributed by atoms with Crippen LogP contribution in [0.1, 0.15) is 40.1 Å². The Morgan fingerprint density at radius 2 is 1.87 bits per heavy atom. The average molecular weight is 412 g/mol. The van der Waals surface area contributed by atoms with E-state index in [4.69, 9.17) is 0 Å². The molecule has 5 rings (SSSR count). The van der Waals surface area contributed by atoms with Gasteiger partial charge < -0.3 is 20.1 Å². The Morgan fingerprint density at radius 3 is 2.65 bits per heavy atom. The van der Waals surface area contributed by atoms with Crippen molar-refractivity contribution in [1.29, 1.82) is 0 Å². The fourth-order valence-electron chi connectivity index (χ4n) is 4.46. The Labute approximate surface area is 180 Å². The van der Waals surface area contributed by atoms with Crippen molar-refractivity contribution in [1.82, 2.24) is 9.88 Å². The third-order valence-corrected chi connectivity index (χ3v) is 6.19. The average Bonchev–Trinajstić information content (AvgIpc) is 3.28. The van der Waals surface area contributed by atoms with Gasteiger partial charge in [-0.05, 0) is 53.8 Å². The van der Waals surface area contributed by atoms with E-state index in [0.29, 0.717) is 30.8 Å². The first-order valence-electron chi connectivity index (χ1n) is 10.5. The molecule has 0 fully saturated rings. The van der Waals surface area contributed by atoms with Crippen LogP contribution < -0.4 is 0 Å². The van der Waals surface area contributed by atoms with E-state index in [1.165, 1.54) is 0 Å². The number of carbonyl (C=O) groups excluding carboxylic acids is 1. The summed E-state index contributed by atoms with van der Waals surface area (Å²) in [6.07, 6.45) is 2.01. The standard InChI is InChI=1S/C26H24N2O3/c1-16(29)17-5-7-18(8-6-17)20-9-10-23(25-22(20)11-13-27-25)26(31)28-14-12-21-19(15-28)3-2-4-24(21)30/h2-11,13,16,27,29-30H,12,14-15H2,1H3/t16-/m1/s1. The van der Waals surface area contributed by atoms with Gasteiger partial charge in [-0.2, -0.15) is 0 Å². The quantitative estimate of drug-likeness (QED) is 0.453. The predicted molar refractivity (Wildman–Crippen MR) is 121 cm³/mol. The molecule has 0 aliphatic carbocycles. The molecule has 156 valence electrons. The van der Waals surface area contributed by atoms with Gasteiger partial charge in [-0.25, -0.2) is 0 Å². The van der Waals surface area contributed by atoms with Crippen molar-refractivity contribution in [3.8, 4) is 16.9 Å². The molecule has 1 amide bonds. The topological polar surface area (TPSA) is 76.6 Å². The minimum Gasteiger partial charge on any atom is -0.508 e. The van der Waals surface area contributed by atoms with Crippen LogP contribution in [0.15, 0.2) is 66.9 Å². The van der Waals surface area contributed by atoms with Crippen LogP contribution in [0.5, 0.6) is 5.75 Å². The Hall–Kier alpha value is -3.57. The van der Waals surface area contributed by atoms with Crippen LogP contribution in [-0.2, 0) is 13.0 Å². The zero-order valence-electron chi connectivity index (χ0n) is 17.3. The Balaban J connectivity index is 1.48. The Bertz CT molecular complexity index is 1270. The number of phenols is 1. The van der Waals surface area contributed by atoms with E-state index in [9.17, 15) is 15.0 Å². The summed E-state index contributed by atoms with van der Waals surface area (Å²) in [5, 5.41) is 20.8. The number of H-pyrrole nitrogens is 1. The Morgan fingerprint density at radius 1 is 1.06 bits per heavy atom. The zero-order chi connectivity index (χ0) is 21.5. The van der Waals surface area contributed by atoms with Crippen molar-refractivity contribution >= 4 is 16.8 Å². The van der Waals surface area contributed by atoms with E-state index in [1.54, 1.807) is 13.0 Å². The van der Waals surface area contributed by atoms with E-state index < -0.39 is 6.10 Å². The summed E-state index contributed by atoms with van der Waals surface area (Å²) in [6.45, 7) is 2.82. The van der Waals surface area contributed by atoms with Crippen LogP contribution in [0, 0.1) is 0 Å². The summed E-state index contributed by atoms with van der Waals surface area (Å²) in [7, 11) is 0. The van der Waals surface area contributed by atoms with Crippen molar-refractivity contribution in [3.63, 3.8) is 0 Å². The van der Waals surface area contributed by atoms with E-state index >= 15 is 0 Å². The fourth-order valence-corrected chi connectivity index (χ4v) is 4.46. The number of carbonyl (C=O) groups is 1. The van der Waals surface area contributed by atoms with Gasteiger partial charge in [0.15, 0.2) is 0 Å². The maximum atomic E-state index is 13.4. The second kappa shape index (κ2) is 7.60. The molecule has 5 nitrogen and oxygen atoms in total. The lowest BCUT2D eigenvalue weighted by molar-refractivity contribution is 0.0735. The maximum absolute atomic E-state index is 13.4. The number of rotatable bonds is 3. The molecule has 0 spiro atoms. The van der Waals surface area contributed by atoms with Crippen LogP contribution in [0.4, 0.5) is 0 Å². The van der Waals surface area contributed by atoms with E-state index in [2.05, 4.69) is 4.98 Å². The van der Waals surface area contributed by atoms with Gasteiger partial charge in [0.25, 0.3) is 5.91 Å². The second-order valence-corrected chi connectivity index (χ2v) is 8.12. The minimum absolute atomic E-state index is 0.0163. The molecule has 5 heteroatoms. The molecule has 0 radical (unpaired) electrons. The molecule has 0 saturated carbocycles. The molecule has 0 unspecified atom stereocenters. The van der Waals surface area contributed by atoms with Crippen LogP contribution >= 0.6 is 0 Å². The molecular weight excluding hydrogens is 388 g/mol. The number of benzene rings is 3. The number of aliphatic hydroxyl groups is 1. The maximum Gasteiger partial charge on any atom is 0.256 e. The van der Waals surface area contributed by atoms with Gasteiger partial charge in [0.05, 0.1) is 17.2 Å². The van der Waals surface area contributed by atoms with Crippen LogP contribution in [0.2, 0.25) is 0 Å². The summed E-state index contributed by atoms with van der Waals surface area (Å²) >= 11 is 0. The monoisotopic (exact) mass is 412 g/mol. The lowest BCUT2D eigenvalue weighted by Gasteiger charge is -2.29. The SMILES string of the molecule is C[C@@H](O)c1ccc(-c2ccc(C(=O)N3CCc4c(O)cccc4C3)c3[nH]ccc23)cc1. The molecule has 0 saturated heterocycles. The fraction of sp³-hybridized carbons (Fsp3) is 0.192. The highest BCUT2D eigenvalue weighted by molar-refractivity contribution is 6.09. The molecule has 0 bridgehead atoms. The van der Waals surface area contributed by atoms with Crippen molar-refractivity contribution in [2.45, 2.75) is 26.0 Å². The van der Waals surface area contributed by atoms with Crippen molar-refractivity contribution in [2.24, 2.45) is 0 Å². The molecule has 1 atom stereocenters. The smallest absolute Gasteiger partial charge is 0.256 e. The summed E-state index contributed by atoms with van der Waals surface area (Å²) in [5.41, 5.74) is 6.35. The predicted octanol–water partition coefficient (Wildman–Crippen LogP) is 4.79. The van der Waals surface area contributed by atoms with Gasteiger partial charge in [0.2, 0.25) is 0 Å². The van der Waals surface area contributed by atoms with E-state index in [1.807, 2.05) is 65.7 Å². The molecule has 31 heavy (non-hydrogen) atoms. The van der Waals surface area contributed by atoms with Gasteiger partial charge in [-0.15, -0.1) is 0 Å². The number of amides is 1. The zero-order valence-corrected chi connectivity index (χ0v) is 17.3. The van der Waals surface area contributed by atoms with Crippen LogP contribution in [0.25, 0.3) is 22.0 Å². The number of phenolic OH excluding ortho intramolecular Hbond substituents is 1. The summed E-state index contributed by atoms with van der Waals surface area (Å²) in [4.78, 5) is 18.5. The largest absolute Gasteiger partial charge is 0.508 e. The highest BCUT2D eigenvalue weighted by Gasteiger charge is 2.25. The first-order valence-corrected chi connectivity index (χ1v) is 10.5. The van der Waals surface area contributed by atoms with Crippen molar-refractivity contribution in [2.75, 3.05) is 6.54 Å². The van der Waals surface area contributed by atoms with Crippen molar-refractivity contribution < 1.29 is 15.0 Å². The molecule has 1 aliphatic heterocycles. The molecule has 2 heterocycles. The van der Waals surface area contributed by atoms with Gasteiger partial charge >= 0.3 is 0 Å². The molecule has 1 aliphatic rings.